The predicted molar refractivity (Wildman–Crippen MR) is 60.7 cm³/mol. The Bertz CT molecular complexity index is 325. The summed E-state index contributed by atoms with van der Waals surface area (Å²) in [6, 6.07) is 0. The third kappa shape index (κ3) is 2.58. The molecule has 0 radical (unpaired) electrons. The molecule has 0 aromatic carbocycles. The molecule has 0 spiro atoms. The quantitative estimate of drug-likeness (QED) is 0.778. The van der Waals surface area contributed by atoms with Crippen LogP contribution in [0, 0.1) is 6.92 Å². The number of aromatic nitrogens is 2. The van der Waals surface area contributed by atoms with Crippen LogP contribution in [-0.4, -0.2) is 27.0 Å². The fourth-order valence-electron chi connectivity index (χ4n) is 1.92. The van der Waals surface area contributed by atoms with Gasteiger partial charge in [-0.25, -0.2) is 0 Å². The van der Waals surface area contributed by atoms with Crippen LogP contribution in [0.25, 0.3) is 0 Å². The van der Waals surface area contributed by atoms with Gasteiger partial charge in [-0.2, -0.15) is 5.10 Å². The molecular weight excluding hydrogens is 190 g/mol. The third-order valence-electron chi connectivity index (χ3n) is 2.96. The summed E-state index contributed by atoms with van der Waals surface area (Å²) in [6.45, 7) is 6.15. The fourth-order valence-corrected chi connectivity index (χ4v) is 1.92. The lowest BCUT2D eigenvalue weighted by atomic mass is 9.81. The van der Waals surface area contributed by atoms with Crippen molar-refractivity contribution in [2.24, 2.45) is 12.8 Å². The molecule has 1 unspecified atom stereocenters. The van der Waals surface area contributed by atoms with Gasteiger partial charge in [0.05, 0.1) is 6.20 Å². The summed E-state index contributed by atoms with van der Waals surface area (Å²) in [7, 11) is 1.92. The van der Waals surface area contributed by atoms with Gasteiger partial charge in [-0.1, -0.05) is 0 Å². The van der Waals surface area contributed by atoms with E-state index >= 15 is 0 Å². The molecule has 0 amide bonds. The van der Waals surface area contributed by atoms with Gasteiger partial charge in [-0.15, -0.1) is 0 Å². The second kappa shape index (κ2) is 4.33. The van der Waals surface area contributed by atoms with Crippen molar-refractivity contribution in [1.29, 1.82) is 0 Å². The van der Waals surface area contributed by atoms with Gasteiger partial charge in [0.25, 0.3) is 0 Å². The van der Waals surface area contributed by atoms with E-state index in [0.717, 1.165) is 11.3 Å². The van der Waals surface area contributed by atoms with E-state index in [1.165, 1.54) is 0 Å². The van der Waals surface area contributed by atoms with Gasteiger partial charge in [-0.3, -0.25) is 4.68 Å². The summed E-state index contributed by atoms with van der Waals surface area (Å²) >= 11 is 0. The molecule has 4 heteroatoms. The lowest BCUT2D eigenvalue weighted by Gasteiger charge is -2.30. The second-order valence-corrected chi connectivity index (χ2v) is 4.70. The van der Waals surface area contributed by atoms with E-state index < -0.39 is 0 Å². The minimum absolute atomic E-state index is 0.149. The molecular formula is C11H21N3O. The van der Waals surface area contributed by atoms with Crippen LogP contribution in [0.2, 0.25) is 0 Å². The molecule has 0 aliphatic carbocycles. The van der Waals surface area contributed by atoms with Crippen LogP contribution in [0.15, 0.2) is 6.20 Å². The number of aliphatic hydroxyl groups excluding tert-OH is 1. The van der Waals surface area contributed by atoms with Gasteiger partial charge in [-0.05, 0) is 32.8 Å². The molecule has 0 saturated heterocycles. The van der Waals surface area contributed by atoms with E-state index in [1.807, 2.05) is 38.7 Å². The van der Waals surface area contributed by atoms with Crippen LogP contribution >= 0.6 is 0 Å². The van der Waals surface area contributed by atoms with Crippen molar-refractivity contribution in [3.63, 3.8) is 0 Å². The van der Waals surface area contributed by atoms with E-state index in [0.29, 0.717) is 6.42 Å². The average Bonchev–Trinajstić information content (AvgIpc) is 2.43. The molecule has 3 N–H and O–H groups in total. The maximum Gasteiger partial charge on any atom is 0.0527 e. The lowest BCUT2D eigenvalue weighted by molar-refractivity contribution is 0.250. The molecule has 0 saturated carbocycles. The number of nitrogens with zero attached hydrogens (tertiary/aromatic N) is 2. The molecule has 0 bridgehead atoms. The first-order valence-electron chi connectivity index (χ1n) is 5.26. The van der Waals surface area contributed by atoms with Crippen LogP contribution < -0.4 is 5.73 Å². The molecule has 15 heavy (non-hydrogen) atoms. The van der Waals surface area contributed by atoms with Crippen LogP contribution in [0.5, 0.6) is 0 Å². The molecule has 4 nitrogen and oxygen atoms in total. The molecule has 0 aliphatic heterocycles. The van der Waals surface area contributed by atoms with Crippen LogP contribution in [-0.2, 0) is 7.05 Å². The van der Waals surface area contributed by atoms with Gasteiger partial charge in [0.2, 0.25) is 0 Å². The summed E-state index contributed by atoms with van der Waals surface area (Å²) < 4.78 is 1.84. The molecule has 1 heterocycles. The molecule has 0 aliphatic rings. The Kier molecular flexibility index (Phi) is 3.52. The molecule has 1 aromatic heterocycles. The summed E-state index contributed by atoms with van der Waals surface area (Å²) in [5, 5.41) is 13.3. The molecule has 0 fully saturated rings. The SMILES string of the molecule is Cc1c(C(CCO)C(C)(C)N)cnn1C. The van der Waals surface area contributed by atoms with Crippen molar-refractivity contribution in [2.45, 2.75) is 38.6 Å². The number of aryl methyl sites for hydroxylation is 1. The van der Waals surface area contributed by atoms with E-state index in [2.05, 4.69) is 5.10 Å². The topological polar surface area (TPSA) is 64.1 Å². The highest BCUT2D eigenvalue weighted by atomic mass is 16.3. The van der Waals surface area contributed by atoms with Gasteiger partial charge < -0.3 is 10.8 Å². The second-order valence-electron chi connectivity index (χ2n) is 4.70. The first-order valence-corrected chi connectivity index (χ1v) is 5.26. The Balaban J connectivity index is 3.05. The number of hydrogen-bond donors (Lipinski definition) is 2. The zero-order valence-electron chi connectivity index (χ0n) is 9.99. The highest BCUT2D eigenvalue weighted by molar-refractivity contribution is 5.24. The Hall–Kier alpha value is -0.870. The highest BCUT2D eigenvalue weighted by Gasteiger charge is 2.28. The Labute approximate surface area is 91.1 Å². The van der Waals surface area contributed by atoms with Crippen molar-refractivity contribution >= 4 is 0 Å². The van der Waals surface area contributed by atoms with Gasteiger partial charge in [0, 0.05) is 30.8 Å². The monoisotopic (exact) mass is 211 g/mol. The minimum Gasteiger partial charge on any atom is -0.396 e. The fraction of sp³-hybridized carbons (Fsp3) is 0.727. The Morgan fingerprint density at radius 2 is 2.20 bits per heavy atom. The van der Waals surface area contributed by atoms with Crippen molar-refractivity contribution in [3.05, 3.63) is 17.5 Å². The summed E-state index contributed by atoms with van der Waals surface area (Å²) in [6.07, 6.45) is 2.53. The van der Waals surface area contributed by atoms with Crippen molar-refractivity contribution in [1.82, 2.24) is 9.78 Å². The Morgan fingerprint density at radius 1 is 1.60 bits per heavy atom. The molecule has 86 valence electrons. The standard InChI is InChI=1S/C11H21N3O/c1-8-9(7-13-14(8)4)10(5-6-15)11(2,3)12/h7,10,15H,5-6,12H2,1-4H3. The molecule has 1 aromatic rings. The largest absolute Gasteiger partial charge is 0.396 e. The highest BCUT2D eigenvalue weighted by Crippen LogP contribution is 2.30. The zero-order chi connectivity index (χ0) is 11.6. The van der Waals surface area contributed by atoms with Crippen LogP contribution in [0.4, 0.5) is 0 Å². The molecule has 1 atom stereocenters. The smallest absolute Gasteiger partial charge is 0.0527 e. The third-order valence-corrected chi connectivity index (χ3v) is 2.96. The summed E-state index contributed by atoms with van der Waals surface area (Å²) in [5.74, 6) is 0.149. The normalized spacial score (nSPS) is 14.3. The van der Waals surface area contributed by atoms with Crippen molar-refractivity contribution < 1.29 is 5.11 Å². The first kappa shape index (κ1) is 12.2. The van der Waals surface area contributed by atoms with E-state index in [4.69, 9.17) is 10.8 Å². The zero-order valence-corrected chi connectivity index (χ0v) is 9.99. The van der Waals surface area contributed by atoms with E-state index in [1.54, 1.807) is 0 Å². The first-order chi connectivity index (χ1) is 6.88. The van der Waals surface area contributed by atoms with Gasteiger partial charge in [0.1, 0.15) is 0 Å². The number of rotatable bonds is 4. The summed E-state index contributed by atoms with van der Waals surface area (Å²) in [5.41, 5.74) is 8.05. The minimum atomic E-state index is -0.337. The Morgan fingerprint density at radius 3 is 2.53 bits per heavy atom. The number of aliphatic hydroxyl groups is 1. The molecule has 1 rings (SSSR count). The maximum atomic E-state index is 9.08. The maximum absolute atomic E-state index is 9.08. The number of nitrogens with two attached hydrogens (primary N) is 1. The van der Waals surface area contributed by atoms with Crippen LogP contribution in [0.1, 0.15) is 37.4 Å². The predicted octanol–water partition coefficient (Wildman–Crippen LogP) is 0.932. The van der Waals surface area contributed by atoms with Gasteiger partial charge >= 0.3 is 0 Å². The average molecular weight is 211 g/mol. The van der Waals surface area contributed by atoms with Gasteiger partial charge in [0.15, 0.2) is 0 Å². The van der Waals surface area contributed by atoms with E-state index in [9.17, 15) is 0 Å². The summed E-state index contributed by atoms with van der Waals surface area (Å²) in [4.78, 5) is 0. The van der Waals surface area contributed by atoms with E-state index in [-0.39, 0.29) is 18.1 Å². The van der Waals surface area contributed by atoms with Crippen LogP contribution in [0.3, 0.4) is 0 Å². The van der Waals surface area contributed by atoms with Crippen molar-refractivity contribution in [3.8, 4) is 0 Å². The lowest BCUT2D eigenvalue weighted by Crippen LogP contribution is -2.40. The number of hydrogen-bond acceptors (Lipinski definition) is 3. The van der Waals surface area contributed by atoms with Crippen molar-refractivity contribution in [2.75, 3.05) is 6.61 Å².